The predicted molar refractivity (Wildman–Crippen MR) is 111 cm³/mol. The lowest BCUT2D eigenvalue weighted by Crippen LogP contribution is -2.55. The van der Waals surface area contributed by atoms with Crippen LogP contribution in [-0.4, -0.2) is 71.8 Å². The second kappa shape index (κ2) is 10.5. The SMILES string of the molecule is COCCOc1ccc(Cc2cc([C@@H]3O[C@H](CO)[C@@H](O)[C@H](O)[C@H]3O)ccc2Cl)cc1. The van der Waals surface area contributed by atoms with E-state index in [9.17, 15) is 20.4 Å². The fourth-order valence-corrected chi connectivity index (χ4v) is 3.63. The maximum Gasteiger partial charge on any atom is 0.119 e. The van der Waals surface area contributed by atoms with Crippen molar-refractivity contribution >= 4 is 11.6 Å². The topological polar surface area (TPSA) is 109 Å². The molecule has 8 heteroatoms. The van der Waals surface area contributed by atoms with E-state index >= 15 is 0 Å². The Bertz CT molecular complexity index is 812. The normalized spacial score (nSPS) is 26.5. The lowest BCUT2D eigenvalue weighted by molar-refractivity contribution is -0.231. The van der Waals surface area contributed by atoms with Crippen LogP contribution in [0.2, 0.25) is 5.02 Å². The second-order valence-corrected chi connectivity index (χ2v) is 7.67. The fourth-order valence-electron chi connectivity index (χ4n) is 3.45. The standard InChI is InChI=1S/C22H27ClO7/c1-28-8-9-29-16-5-2-13(3-6-16)10-15-11-14(4-7-17(15)23)22-21(27)20(26)19(25)18(12-24)30-22/h2-7,11,18-22,24-27H,8-10,12H2,1H3/t18-,19-,20+,21-,22+/m1/s1. The molecule has 7 nitrogen and oxygen atoms in total. The van der Waals surface area contributed by atoms with Crippen LogP contribution in [0.15, 0.2) is 42.5 Å². The molecule has 0 aliphatic carbocycles. The first-order valence-electron chi connectivity index (χ1n) is 9.74. The van der Waals surface area contributed by atoms with E-state index in [2.05, 4.69) is 0 Å². The van der Waals surface area contributed by atoms with Gasteiger partial charge >= 0.3 is 0 Å². The summed E-state index contributed by atoms with van der Waals surface area (Å²) in [5.74, 6) is 0.747. The van der Waals surface area contributed by atoms with Crippen LogP contribution >= 0.6 is 11.6 Å². The summed E-state index contributed by atoms with van der Waals surface area (Å²) in [6.07, 6.45) is -5.46. The number of halogens is 1. The van der Waals surface area contributed by atoms with Crippen LogP contribution in [0.3, 0.4) is 0 Å². The number of hydrogen-bond donors (Lipinski definition) is 4. The second-order valence-electron chi connectivity index (χ2n) is 7.26. The molecular formula is C22H27ClO7. The predicted octanol–water partition coefficient (Wildman–Crippen LogP) is 1.47. The van der Waals surface area contributed by atoms with Gasteiger partial charge in [-0.25, -0.2) is 0 Å². The highest BCUT2D eigenvalue weighted by molar-refractivity contribution is 6.31. The maximum absolute atomic E-state index is 10.4. The molecule has 0 amide bonds. The average molecular weight is 439 g/mol. The molecule has 2 aromatic rings. The van der Waals surface area contributed by atoms with Gasteiger partial charge in [0.1, 0.15) is 42.9 Å². The zero-order chi connectivity index (χ0) is 21.7. The van der Waals surface area contributed by atoms with Gasteiger partial charge in [-0.2, -0.15) is 0 Å². The number of aliphatic hydroxyl groups excluding tert-OH is 4. The third kappa shape index (κ3) is 5.31. The molecule has 164 valence electrons. The molecule has 0 spiro atoms. The molecule has 4 N–H and O–H groups in total. The van der Waals surface area contributed by atoms with Crippen LogP contribution in [0.1, 0.15) is 22.8 Å². The van der Waals surface area contributed by atoms with Crippen LogP contribution in [0.5, 0.6) is 5.75 Å². The van der Waals surface area contributed by atoms with Gasteiger partial charge in [0.15, 0.2) is 0 Å². The van der Waals surface area contributed by atoms with Crippen molar-refractivity contribution in [2.24, 2.45) is 0 Å². The number of aliphatic hydroxyl groups is 4. The van der Waals surface area contributed by atoms with Gasteiger partial charge in [0, 0.05) is 12.1 Å². The van der Waals surface area contributed by atoms with Crippen LogP contribution < -0.4 is 4.74 Å². The minimum atomic E-state index is -1.43. The molecule has 0 aromatic heterocycles. The minimum Gasteiger partial charge on any atom is -0.491 e. The molecule has 3 rings (SSSR count). The quantitative estimate of drug-likeness (QED) is 0.462. The Hall–Kier alpha value is -1.71. The molecule has 1 fully saturated rings. The van der Waals surface area contributed by atoms with Gasteiger partial charge < -0.3 is 34.6 Å². The molecule has 1 heterocycles. The van der Waals surface area contributed by atoms with E-state index in [1.165, 1.54) is 0 Å². The van der Waals surface area contributed by atoms with Crippen molar-refractivity contribution in [3.8, 4) is 5.75 Å². The zero-order valence-electron chi connectivity index (χ0n) is 16.6. The van der Waals surface area contributed by atoms with Gasteiger partial charge in [-0.15, -0.1) is 0 Å². The molecule has 2 aromatic carbocycles. The summed E-state index contributed by atoms with van der Waals surface area (Å²) in [4.78, 5) is 0. The molecule has 0 bridgehead atoms. The monoisotopic (exact) mass is 438 g/mol. The zero-order valence-corrected chi connectivity index (χ0v) is 17.4. The van der Waals surface area contributed by atoms with E-state index in [4.69, 9.17) is 25.8 Å². The van der Waals surface area contributed by atoms with Crippen molar-refractivity contribution in [1.82, 2.24) is 0 Å². The smallest absolute Gasteiger partial charge is 0.119 e. The van der Waals surface area contributed by atoms with Gasteiger partial charge in [0.05, 0.1) is 13.2 Å². The highest BCUT2D eigenvalue weighted by Gasteiger charge is 2.43. The van der Waals surface area contributed by atoms with Crippen molar-refractivity contribution in [2.45, 2.75) is 36.9 Å². The van der Waals surface area contributed by atoms with Crippen molar-refractivity contribution in [3.63, 3.8) is 0 Å². The Labute approximate surface area is 180 Å². The van der Waals surface area contributed by atoms with Gasteiger partial charge in [0.2, 0.25) is 0 Å². The van der Waals surface area contributed by atoms with Crippen molar-refractivity contribution in [3.05, 3.63) is 64.2 Å². The van der Waals surface area contributed by atoms with Gasteiger partial charge in [-0.05, 0) is 41.3 Å². The van der Waals surface area contributed by atoms with Crippen LogP contribution in [0.25, 0.3) is 0 Å². The molecule has 0 radical (unpaired) electrons. The minimum absolute atomic E-state index is 0.472. The van der Waals surface area contributed by atoms with Crippen LogP contribution in [-0.2, 0) is 15.9 Å². The first-order chi connectivity index (χ1) is 14.4. The lowest BCUT2D eigenvalue weighted by Gasteiger charge is -2.40. The Balaban J connectivity index is 1.75. The van der Waals surface area contributed by atoms with Crippen LogP contribution in [0, 0.1) is 0 Å². The van der Waals surface area contributed by atoms with E-state index in [0.717, 1.165) is 16.9 Å². The molecule has 1 saturated heterocycles. The Morgan fingerprint density at radius 2 is 1.70 bits per heavy atom. The largest absolute Gasteiger partial charge is 0.491 e. The van der Waals surface area contributed by atoms with Crippen molar-refractivity contribution < 1.29 is 34.6 Å². The van der Waals surface area contributed by atoms with Crippen molar-refractivity contribution in [2.75, 3.05) is 26.9 Å². The Kier molecular flexibility index (Phi) is 8.07. The van der Waals surface area contributed by atoms with Gasteiger partial charge in [0.25, 0.3) is 0 Å². The number of hydrogen-bond acceptors (Lipinski definition) is 7. The first-order valence-corrected chi connectivity index (χ1v) is 10.1. The third-order valence-corrected chi connectivity index (χ3v) is 5.53. The molecular weight excluding hydrogens is 412 g/mol. The van der Waals surface area contributed by atoms with E-state index in [1.807, 2.05) is 24.3 Å². The summed E-state index contributed by atoms with van der Waals surface area (Å²) < 4.78 is 16.2. The van der Waals surface area contributed by atoms with Crippen molar-refractivity contribution in [1.29, 1.82) is 0 Å². The number of ether oxygens (including phenoxy) is 3. The van der Waals surface area contributed by atoms with E-state index < -0.39 is 37.1 Å². The molecule has 0 unspecified atom stereocenters. The summed E-state index contributed by atoms with van der Waals surface area (Å²) in [7, 11) is 1.62. The van der Waals surface area contributed by atoms with E-state index in [1.54, 1.807) is 25.3 Å². The van der Waals surface area contributed by atoms with E-state index in [0.29, 0.717) is 30.2 Å². The summed E-state index contributed by atoms with van der Waals surface area (Å²) in [6.45, 7) is 0.519. The summed E-state index contributed by atoms with van der Waals surface area (Å²) >= 11 is 6.37. The highest BCUT2D eigenvalue weighted by atomic mass is 35.5. The first kappa shape index (κ1) is 23.0. The Morgan fingerprint density at radius 1 is 0.967 bits per heavy atom. The highest BCUT2D eigenvalue weighted by Crippen LogP contribution is 2.34. The fraction of sp³-hybridized carbons (Fsp3) is 0.455. The maximum atomic E-state index is 10.4. The molecule has 30 heavy (non-hydrogen) atoms. The lowest BCUT2D eigenvalue weighted by atomic mass is 9.90. The Morgan fingerprint density at radius 3 is 2.37 bits per heavy atom. The van der Waals surface area contributed by atoms with Gasteiger partial charge in [-0.3, -0.25) is 0 Å². The number of methoxy groups -OCH3 is 1. The molecule has 0 saturated carbocycles. The number of rotatable bonds is 8. The summed E-state index contributed by atoms with van der Waals surface area (Å²) in [6, 6.07) is 12.8. The molecule has 5 atom stereocenters. The summed E-state index contributed by atoms with van der Waals surface area (Å²) in [5.41, 5.74) is 2.44. The number of benzene rings is 2. The third-order valence-electron chi connectivity index (χ3n) is 5.16. The molecule has 1 aliphatic rings. The van der Waals surface area contributed by atoms with Crippen LogP contribution in [0.4, 0.5) is 0 Å². The summed E-state index contributed by atoms with van der Waals surface area (Å²) in [5, 5.41) is 40.4. The molecule has 1 aliphatic heterocycles. The average Bonchev–Trinajstić information content (AvgIpc) is 2.75. The van der Waals surface area contributed by atoms with E-state index in [-0.39, 0.29) is 0 Å². The van der Waals surface area contributed by atoms with Gasteiger partial charge in [-0.1, -0.05) is 35.9 Å².